The Kier molecular flexibility index (Phi) is 4.55. The zero-order chi connectivity index (χ0) is 13.0. The fourth-order valence-electron chi connectivity index (χ4n) is 1.92. The summed E-state index contributed by atoms with van der Waals surface area (Å²) in [5, 5.41) is 7.48. The summed E-state index contributed by atoms with van der Waals surface area (Å²) in [5.74, 6) is 0.850. The van der Waals surface area contributed by atoms with E-state index in [2.05, 4.69) is 57.6 Å². The molecule has 96 valence electrons. The molecule has 0 amide bonds. The Hall–Kier alpha value is -1.13. The molecule has 2 rings (SSSR count). The van der Waals surface area contributed by atoms with E-state index in [1.807, 2.05) is 13.0 Å². The SMILES string of the molecule is CCC(NCc1cc(C)on1)c1ccc(Br)cc1. The molecule has 0 saturated heterocycles. The van der Waals surface area contributed by atoms with Crippen LogP contribution in [0.15, 0.2) is 39.3 Å². The van der Waals surface area contributed by atoms with Crippen LogP contribution in [0.1, 0.15) is 36.4 Å². The van der Waals surface area contributed by atoms with Gasteiger partial charge in [0.15, 0.2) is 0 Å². The molecule has 1 atom stereocenters. The molecule has 1 aromatic carbocycles. The van der Waals surface area contributed by atoms with Gasteiger partial charge in [-0.15, -0.1) is 0 Å². The van der Waals surface area contributed by atoms with Gasteiger partial charge in [0.05, 0.1) is 5.69 Å². The van der Waals surface area contributed by atoms with Crippen molar-refractivity contribution in [3.05, 3.63) is 51.8 Å². The minimum Gasteiger partial charge on any atom is -0.361 e. The zero-order valence-corrected chi connectivity index (χ0v) is 12.2. The molecule has 0 fully saturated rings. The standard InChI is InChI=1S/C14H17BrN2O/c1-3-14(11-4-6-12(15)7-5-11)16-9-13-8-10(2)18-17-13/h4-8,14,16H,3,9H2,1-2H3. The molecule has 0 radical (unpaired) electrons. The molecule has 0 aliphatic heterocycles. The van der Waals surface area contributed by atoms with Crippen LogP contribution in [-0.4, -0.2) is 5.16 Å². The van der Waals surface area contributed by atoms with Gasteiger partial charge < -0.3 is 9.84 Å². The minimum absolute atomic E-state index is 0.343. The molecule has 0 aliphatic carbocycles. The number of aromatic nitrogens is 1. The Morgan fingerprint density at radius 3 is 2.61 bits per heavy atom. The maximum absolute atomic E-state index is 5.06. The molecule has 0 aliphatic rings. The molecule has 18 heavy (non-hydrogen) atoms. The van der Waals surface area contributed by atoms with Crippen LogP contribution < -0.4 is 5.32 Å². The lowest BCUT2D eigenvalue weighted by Gasteiger charge is -2.16. The van der Waals surface area contributed by atoms with Gasteiger partial charge in [0.25, 0.3) is 0 Å². The molecule has 1 N–H and O–H groups in total. The highest BCUT2D eigenvalue weighted by Gasteiger charge is 2.09. The van der Waals surface area contributed by atoms with Crippen molar-refractivity contribution in [2.24, 2.45) is 0 Å². The third-order valence-corrected chi connectivity index (χ3v) is 3.42. The molecular formula is C14H17BrN2O. The first-order valence-electron chi connectivity index (χ1n) is 6.10. The highest BCUT2D eigenvalue weighted by Crippen LogP contribution is 2.19. The molecule has 1 unspecified atom stereocenters. The van der Waals surface area contributed by atoms with Crippen molar-refractivity contribution >= 4 is 15.9 Å². The van der Waals surface area contributed by atoms with Gasteiger partial charge in [-0.1, -0.05) is 40.1 Å². The summed E-state index contributed by atoms with van der Waals surface area (Å²) in [6.45, 7) is 4.81. The second-order valence-electron chi connectivity index (χ2n) is 4.32. The van der Waals surface area contributed by atoms with Gasteiger partial charge in [-0.05, 0) is 31.0 Å². The van der Waals surface area contributed by atoms with Gasteiger partial charge in [0.1, 0.15) is 5.76 Å². The summed E-state index contributed by atoms with van der Waals surface area (Å²) in [6.07, 6.45) is 1.04. The van der Waals surface area contributed by atoms with Crippen LogP contribution >= 0.6 is 15.9 Å². The summed E-state index contributed by atoms with van der Waals surface area (Å²) >= 11 is 3.45. The zero-order valence-electron chi connectivity index (χ0n) is 10.6. The molecule has 2 aromatic rings. The molecule has 1 heterocycles. The van der Waals surface area contributed by atoms with Gasteiger partial charge in [-0.3, -0.25) is 0 Å². The lowest BCUT2D eigenvalue weighted by Crippen LogP contribution is -2.20. The number of rotatable bonds is 5. The first-order valence-corrected chi connectivity index (χ1v) is 6.89. The van der Waals surface area contributed by atoms with Crippen LogP contribution in [0.5, 0.6) is 0 Å². The topological polar surface area (TPSA) is 38.1 Å². The Morgan fingerprint density at radius 1 is 1.33 bits per heavy atom. The lowest BCUT2D eigenvalue weighted by atomic mass is 10.0. The second kappa shape index (κ2) is 6.16. The normalized spacial score (nSPS) is 12.6. The molecule has 0 saturated carbocycles. The average Bonchev–Trinajstić information content (AvgIpc) is 2.78. The monoisotopic (exact) mass is 308 g/mol. The van der Waals surface area contributed by atoms with Crippen molar-refractivity contribution in [2.75, 3.05) is 0 Å². The second-order valence-corrected chi connectivity index (χ2v) is 5.24. The summed E-state index contributed by atoms with van der Waals surface area (Å²) in [7, 11) is 0. The van der Waals surface area contributed by atoms with Crippen LogP contribution in [0.3, 0.4) is 0 Å². The van der Waals surface area contributed by atoms with E-state index >= 15 is 0 Å². The molecule has 0 spiro atoms. The Labute approximate surface area is 116 Å². The molecular weight excluding hydrogens is 292 g/mol. The fourth-order valence-corrected chi connectivity index (χ4v) is 2.19. The minimum atomic E-state index is 0.343. The summed E-state index contributed by atoms with van der Waals surface area (Å²) in [6, 6.07) is 10.7. The number of hydrogen-bond donors (Lipinski definition) is 1. The highest BCUT2D eigenvalue weighted by molar-refractivity contribution is 9.10. The maximum Gasteiger partial charge on any atom is 0.133 e. The number of benzene rings is 1. The number of halogens is 1. The van der Waals surface area contributed by atoms with E-state index < -0.39 is 0 Å². The first kappa shape index (κ1) is 13.3. The van der Waals surface area contributed by atoms with E-state index in [1.54, 1.807) is 0 Å². The van der Waals surface area contributed by atoms with Gasteiger partial charge >= 0.3 is 0 Å². The number of nitrogens with zero attached hydrogens (tertiary/aromatic N) is 1. The van der Waals surface area contributed by atoms with Gasteiger partial charge in [0, 0.05) is 23.1 Å². The van der Waals surface area contributed by atoms with Gasteiger partial charge in [-0.25, -0.2) is 0 Å². The van der Waals surface area contributed by atoms with Crippen LogP contribution in [0, 0.1) is 6.92 Å². The summed E-state index contributed by atoms with van der Waals surface area (Å²) in [4.78, 5) is 0. The Bertz CT molecular complexity index is 493. The average molecular weight is 309 g/mol. The summed E-state index contributed by atoms with van der Waals surface area (Å²) in [5.41, 5.74) is 2.24. The van der Waals surface area contributed by atoms with E-state index in [1.165, 1.54) is 5.56 Å². The van der Waals surface area contributed by atoms with Crippen molar-refractivity contribution in [3.8, 4) is 0 Å². The van der Waals surface area contributed by atoms with Crippen LogP contribution in [0.4, 0.5) is 0 Å². The largest absolute Gasteiger partial charge is 0.361 e. The van der Waals surface area contributed by atoms with Gasteiger partial charge in [-0.2, -0.15) is 0 Å². The van der Waals surface area contributed by atoms with Crippen molar-refractivity contribution in [3.63, 3.8) is 0 Å². The van der Waals surface area contributed by atoms with Gasteiger partial charge in [0.2, 0.25) is 0 Å². The lowest BCUT2D eigenvalue weighted by molar-refractivity contribution is 0.385. The molecule has 0 bridgehead atoms. The van der Waals surface area contributed by atoms with E-state index in [4.69, 9.17) is 4.52 Å². The van der Waals surface area contributed by atoms with Crippen molar-refractivity contribution in [2.45, 2.75) is 32.9 Å². The third-order valence-electron chi connectivity index (χ3n) is 2.89. The van der Waals surface area contributed by atoms with Crippen LogP contribution in [0.25, 0.3) is 0 Å². The van der Waals surface area contributed by atoms with Crippen molar-refractivity contribution < 1.29 is 4.52 Å². The Morgan fingerprint density at radius 2 is 2.06 bits per heavy atom. The van der Waals surface area contributed by atoms with Crippen molar-refractivity contribution in [1.82, 2.24) is 10.5 Å². The molecule has 3 nitrogen and oxygen atoms in total. The maximum atomic E-state index is 5.06. The smallest absolute Gasteiger partial charge is 0.133 e. The third kappa shape index (κ3) is 3.43. The summed E-state index contributed by atoms with van der Waals surface area (Å²) < 4.78 is 6.16. The molecule has 4 heteroatoms. The predicted octanol–water partition coefficient (Wildman–Crippen LogP) is 3.99. The Balaban J connectivity index is 1.99. The van der Waals surface area contributed by atoms with Crippen molar-refractivity contribution in [1.29, 1.82) is 0 Å². The van der Waals surface area contributed by atoms with Crippen LogP contribution in [-0.2, 0) is 6.54 Å². The quantitative estimate of drug-likeness (QED) is 0.907. The highest BCUT2D eigenvalue weighted by atomic mass is 79.9. The van der Waals surface area contributed by atoms with E-state index in [9.17, 15) is 0 Å². The van der Waals surface area contributed by atoms with E-state index in [-0.39, 0.29) is 0 Å². The predicted molar refractivity (Wildman–Crippen MR) is 75.3 cm³/mol. The van der Waals surface area contributed by atoms with Crippen LogP contribution in [0.2, 0.25) is 0 Å². The number of aryl methyl sites for hydroxylation is 1. The van der Waals surface area contributed by atoms with E-state index in [0.29, 0.717) is 6.04 Å². The van der Waals surface area contributed by atoms with E-state index in [0.717, 1.165) is 28.9 Å². The first-order chi connectivity index (χ1) is 8.69. The number of nitrogens with one attached hydrogen (secondary N) is 1. The fraction of sp³-hybridized carbons (Fsp3) is 0.357. The number of hydrogen-bond acceptors (Lipinski definition) is 3. The molecule has 1 aromatic heterocycles.